The Balaban J connectivity index is 2.28. The minimum absolute atomic E-state index is 0.0213. The molecule has 9 heteroatoms. The molecule has 0 atom stereocenters. The lowest BCUT2D eigenvalue weighted by atomic mass is 10.3. The first-order valence-corrected chi connectivity index (χ1v) is 4.74. The number of nitrogens with one attached hydrogen (secondary N) is 2. The molecule has 0 aromatic carbocycles. The summed E-state index contributed by atoms with van der Waals surface area (Å²) < 4.78 is 4.28. The van der Waals surface area contributed by atoms with Crippen molar-refractivity contribution in [3.05, 3.63) is 11.4 Å². The first kappa shape index (κ1) is 13.1. The minimum Gasteiger partial charge on any atom is -0.390 e. The highest BCUT2D eigenvalue weighted by Gasteiger charge is 2.17. The summed E-state index contributed by atoms with van der Waals surface area (Å²) in [7, 11) is 0. The van der Waals surface area contributed by atoms with Crippen LogP contribution >= 0.6 is 0 Å². The summed E-state index contributed by atoms with van der Waals surface area (Å²) in [5.41, 5.74) is 1.94. The fraction of sp³-hybridized carbons (Fsp3) is 0.500. The van der Waals surface area contributed by atoms with E-state index in [-0.39, 0.29) is 30.4 Å². The van der Waals surface area contributed by atoms with Crippen LogP contribution in [0, 0.1) is 0 Å². The second kappa shape index (κ2) is 6.55. The van der Waals surface area contributed by atoms with E-state index in [1.165, 1.54) is 6.92 Å². The Labute approximate surface area is 96.0 Å². The van der Waals surface area contributed by atoms with Gasteiger partial charge in [-0.15, -0.1) is 0 Å². The number of amides is 2. The summed E-state index contributed by atoms with van der Waals surface area (Å²) in [4.78, 5) is 26.6. The zero-order chi connectivity index (χ0) is 12.7. The van der Waals surface area contributed by atoms with E-state index in [0.29, 0.717) is 0 Å². The Hall–Kier alpha value is -2.00. The van der Waals surface area contributed by atoms with Gasteiger partial charge in [0.2, 0.25) is 5.91 Å². The van der Waals surface area contributed by atoms with Crippen LogP contribution in [0.2, 0.25) is 0 Å². The fourth-order valence-electron chi connectivity index (χ4n) is 0.926. The summed E-state index contributed by atoms with van der Waals surface area (Å²) in [6.45, 7) is 1.27. The predicted octanol–water partition coefficient (Wildman–Crippen LogP) is -1.64. The molecule has 94 valence electrons. The largest absolute Gasteiger partial charge is 0.390 e. The molecule has 3 N–H and O–H groups in total. The monoisotopic (exact) mass is 244 g/mol. The predicted molar refractivity (Wildman–Crippen MR) is 52.3 cm³/mol. The smallest absolute Gasteiger partial charge is 0.299 e. The van der Waals surface area contributed by atoms with Crippen molar-refractivity contribution in [2.75, 3.05) is 13.2 Å². The van der Waals surface area contributed by atoms with E-state index in [9.17, 15) is 9.59 Å². The van der Waals surface area contributed by atoms with Gasteiger partial charge in [0.1, 0.15) is 5.69 Å². The summed E-state index contributed by atoms with van der Waals surface area (Å²) in [5.74, 6) is -0.874. The quantitative estimate of drug-likeness (QED) is 0.404. The summed E-state index contributed by atoms with van der Waals surface area (Å²) in [6.07, 6.45) is 0. The second-order valence-corrected chi connectivity index (χ2v) is 2.98. The van der Waals surface area contributed by atoms with Crippen LogP contribution in [0.3, 0.4) is 0 Å². The maximum absolute atomic E-state index is 11.4. The number of nitrogens with zero attached hydrogens (tertiary/aromatic N) is 2. The van der Waals surface area contributed by atoms with E-state index >= 15 is 0 Å². The molecular formula is C8H12N4O5. The van der Waals surface area contributed by atoms with Gasteiger partial charge >= 0.3 is 0 Å². The third kappa shape index (κ3) is 4.17. The van der Waals surface area contributed by atoms with Gasteiger partial charge in [0.05, 0.1) is 13.2 Å². The summed E-state index contributed by atoms with van der Waals surface area (Å²) >= 11 is 0. The molecule has 0 spiro atoms. The van der Waals surface area contributed by atoms with E-state index in [2.05, 4.69) is 25.7 Å². The molecule has 0 radical (unpaired) electrons. The molecular weight excluding hydrogens is 232 g/mol. The van der Waals surface area contributed by atoms with Crippen molar-refractivity contribution < 1.29 is 24.2 Å². The molecule has 0 aliphatic carbocycles. The van der Waals surface area contributed by atoms with Crippen LogP contribution in [-0.2, 0) is 16.2 Å². The molecule has 1 aromatic rings. The fourth-order valence-corrected chi connectivity index (χ4v) is 0.926. The number of carbonyl (C=O) groups is 2. The normalized spacial score (nSPS) is 10.0. The lowest BCUT2D eigenvalue weighted by molar-refractivity contribution is -0.119. The van der Waals surface area contributed by atoms with Gasteiger partial charge in [-0.3, -0.25) is 14.4 Å². The average Bonchev–Trinajstić information content (AvgIpc) is 2.75. The number of aliphatic hydroxyl groups excluding tert-OH is 1. The lowest BCUT2D eigenvalue weighted by Gasteiger charge is -2.04. The molecule has 1 heterocycles. The Kier molecular flexibility index (Phi) is 5.04. The Morgan fingerprint density at radius 3 is 2.88 bits per heavy atom. The van der Waals surface area contributed by atoms with Crippen molar-refractivity contribution in [2.24, 2.45) is 0 Å². The number of carbonyl (C=O) groups excluding carboxylic acids is 2. The Morgan fingerprint density at radius 1 is 1.47 bits per heavy atom. The van der Waals surface area contributed by atoms with Gasteiger partial charge in [-0.2, -0.15) is 0 Å². The Bertz CT molecular complexity index is 391. The van der Waals surface area contributed by atoms with E-state index in [1.54, 1.807) is 0 Å². The van der Waals surface area contributed by atoms with E-state index in [4.69, 9.17) is 9.94 Å². The Morgan fingerprint density at radius 2 is 2.24 bits per heavy atom. The molecule has 0 fully saturated rings. The topological polar surface area (TPSA) is 127 Å². The molecule has 0 unspecified atom stereocenters. The van der Waals surface area contributed by atoms with E-state index in [0.717, 1.165) is 0 Å². The van der Waals surface area contributed by atoms with Gasteiger partial charge < -0.3 is 10.4 Å². The van der Waals surface area contributed by atoms with Gasteiger partial charge in [-0.25, -0.2) is 10.1 Å². The molecule has 1 rings (SSSR count). The molecule has 2 amide bonds. The minimum atomic E-state index is -0.682. The number of rotatable bonds is 6. The number of hydroxylamine groups is 1. The van der Waals surface area contributed by atoms with Crippen molar-refractivity contribution in [3.8, 4) is 0 Å². The zero-order valence-corrected chi connectivity index (χ0v) is 9.10. The molecule has 0 saturated heterocycles. The third-order valence-electron chi connectivity index (χ3n) is 1.66. The molecule has 0 saturated carbocycles. The van der Waals surface area contributed by atoms with Crippen LogP contribution in [-0.4, -0.2) is 40.4 Å². The van der Waals surface area contributed by atoms with Crippen molar-refractivity contribution in [3.63, 3.8) is 0 Å². The van der Waals surface area contributed by atoms with Gasteiger partial charge in [-0.05, 0) is 5.16 Å². The van der Waals surface area contributed by atoms with Gasteiger partial charge in [0, 0.05) is 13.5 Å². The van der Waals surface area contributed by atoms with Crippen molar-refractivity contribution in [1.29, 1.82) is 0 Å². The van der Waals surface area contributed by atoms with E-state index < -0.39 is 12.5 Å². The lowest BCUT2D eigenvalue weighted by Crippen LogP contribution is -2.30. The number of aromatic nitrogens is 2. The summed E-state index contributed by atoms with van der Waals surface area (Å²) in [6, 6.07) is 0. The molecule has 9 nitrogen and oxygen atoms in total. The van der Waals surface area contributed by atoms with Crippen LogP contribution in [0.5, 0.6) is 0 Å². The van der Waals surface area contributed by atoms with Crippen LogP contribution in [0.4, 0.5) is 0 Å². The molecule has 17 heavy (non-hydrogen) atoms. The van der Waals surface area contributed by atoms with Crippen LogP contribution in [0.25, 0.3) is 0 Å². The third-order valence-corrected chi connectivity index (χ3v) is 1.66. The van der Waals surface area contributed by atoms with Crippen molar-refractivity contribution in [1.82, 2.24) is 21.1 Å². The van der Waals surface area contributed by atoms with Crippen LogP contribution in [0.1, 0.15) is 23.1 Å². The maximum atomic E-state index is 11.4. The number of hydrogen-bond acceptors (Lipinski definition) is 7. The van der Waals surface area contributed by atoms with Crippen LogP contribution < -0.4 is 10.8 Å². The summed E-state index contributed by atoms with van der Waals surface area (Å²) in [5, 5.41) is 17.9. The highest BCUT2D eigenvalue weighted by atomic mass is 16.7. The van der Waals surface area contributed by atoms with Crippen molar-refractivity contribution in [2.45, 2.75) is 13.5 Å². The average molecular weight is 244 g/mol. The van der Waals surface area contributed by atoms with Gasteiger partial charge in [-0.1, -0.05) is 5.16 Å². The number of hydrogen-bond donors (Lipinski definition) is 3. The molecule has 0 aliphatic rings. The standard InChI is InChI=1S/C8H12N4O5/c1-5(14)9-2-3-16-12-8(15)7-6(4-13)10-17-11-7/h13H,2-4H2,1H3,(H,9,14)(H,12,15). The maximum Gasteiger partial charge on any atom is 0.299 e. The van der Waals surface area contributed by atoms with Crippen molar-refractivity contribution >= 4 is 11.8 Å². The zero-order valence-electron chi connectivity index (χ0n) is 9.10. The number of aliphatic hydroxyl groups is 1. The highest BCUT2D eigenvalue weighted by molar-refractivity contribution is 5.92. The van der Waals surface area contributed by atoms with E-state index in [1.807, 2.05) is 0 Å². The first-order chi connectivity index (χ1) is 8.15. The molecule has 0 bridgehead atoms. The SMILES string of the molecule is CC(=O)NCCONC(=O)c1nonc1CO. The first-order valence-electron chi connectivity index (χ1n) is 4.74. The molecule has 1 aromatic heterocycles. The van der Waals surface area contributed by atoms with Gasteiger partial charge in [0.15, 0.2) is 5.69 Å². The van der Waals surface area contributed by atoms with Crippen LogP contribution in [0.15, 0.2) is 4.63 Å². The molecule has 0 aliphatic heterocycles. The van der Waals surface area contributed by atoms with Gasteiger partial charge in [0.25, 0.3) is 5.91 Å². The highest BCUT2D eigenvalue weighted by Crippen LogP contribution is 2.01. The second-order valence-electron chi connectivity index (χ2n) is 2.98.